The molecule has 0 saturated heterocycles. The summed E-state index contributed by atoms with van der Waals surface area (Å²) in [5.41, 5.74) is 2.16. The second kappa shape index (κ2) is 7.30. The van der Waals surface area contributed by atoms with E-state index in [2.05, 4.69) is 16.9 Å². The van der Waals surface area contributed by atoms with Gasteiger partial charge in [0.05, 0.1) is 0 Å². The standard InChI is InChI=1S/C15H16Cl2N2S/c1-3-4-13-18-14(17)10(2)15(19-13)20-9-11-5-7-12(16)8-6-11/h5-8H,3-4,9H2,1-2H3. The Bertz CT molecular complexity index is 585. The Morgan fingerprint density at radius 3 is 2.45 bits per heavy atom. The second-order valence-electron chi connectivity index (χ2n) is 4.53. The molecule has 0 saturated carbocycles. The number of hydrogen-bond acceptors (Lipinski definition) is 3. The summed E-state index contributed by atoms with van der Waals surface area (Å²) in [6, 6.07) is 7.86. The van der Waals surface area contributed by atoms with Crippen LogP contribution in [0.5, 0.6) is 0 Å². The maximum absolute atomic E-state index is 6.18. The highest BCUT2D eigenvalue weighted by atomic mass is 35.5. The van der Waals surface area contributed by atoms with Crippen LogP contribution >= 0.6 is 35.0 Å². The quantitative estimate of drug-likeness (QED) is 0.548. The van der Waals surface area contributed by atoms with Gasteiger partial charge in [-0.05, 0) is 31.0 Å². The van der Waals surface area contributed by atoms with Gasteiger partial charge in [0, 0.05) is 22.8 Å². The molecule has 1 heterocycles. The van der Waals surface area contributed by atoms with Gasteiger partial charge in [-0.25, -0.2) is 9.97 Å². The number of aromatic nitrogens is 2. The van der Waals surface area contributed by atoms with E-state index in [-0.39, 0.29) is 0 Å². The zero-order chi connectivity index (χ0) is 14.5. The van der Waals surface area contributed by atoms with Gasteiger partial charge in [0.15, 0.2) is 0 Å². The van der Waals surface area contributed by atoms with Crippen molar-refractivity contribution in [2.45, 2.75) is 37.5 Å². The first kappa shape index (κ1) is 15.6. The highest BCUT2D eigenvalue weighted by Crippen LogP contribution is 2.28. The molecule has 0 bridgehead atoms. The highest BCUT2D eigenvalue weighted by molar-refractivity contribution is 7.98. The van der Waals surface area contributed by atoms with Crippen LogP contribution in [-0.2, 0) is 12.2 Å². The molecule has 0 N–H and O–H groups in total. The zero-order valence-electron chi connectivity index (χ0n) is 11.5. The van der Waals surface area contributed by atoms with Crippen LogP contribution in [-0.4, -0.2) is 9.97 Å². The van der Waals surface area contributed by atoms with Crippen molar-refractivity contribution >= 4 is 35.0 Å². The van der Waals surface area contributed by atoms with Crippen molar-refractivity contribution in [3.8, 4) is 0 Å². The Morgan fingerprint density at radius 2 is 1.80 bits per heavy atom. The van der Waals surface area contributed by atoms with E-state index in [0.29, 0.717) is 5.15 Å². The van der Waals surface area contributed by atoms with Gasteiger partial charge < -0.3 is 0 Å². The number of benzene rings is 1. The van der Waals surface area contributed by atoms with Crippen molar-refractivity contribution < 1.29 is 0 Å². The van der Waals surface area contributed by atoms with Crippen molar-refractivity contribution in [3.05, 3.63) is 51.4 Å². The molecule has 0 amide bonds. The minimum absolute atomic E-state index is 0.557. The lowest BCUT2D eigenvalue weighted by Gasteiger charge is -2.08. The highest BCUT2D eigenvalue weighted by Gasteiger charge is 2.10. The molecule has 2 nitrogen and oxygen atoms in total. The van der Waals surface area contributed by atoms with Crippen molar-refractivity contribution in [2.75, 3.05) is 0 Å². The summed E-state index contributed by atoms with van der Waals surface area (Å²) < 4.78 is 0. The third kappa shape index (κ3) is 4.11. The Labute approximate surface area is 133 Å². The third-order valence-electron chi connectivity index (χ3n) is 2.85. The summed E-state index contributed by atoms with van der Waals surface area (Å²) >= 11 is 13.7. The second-order valence-corrected chi connectivity index (χ2v) is 6.28. The molecule has 2 rings (SSSR count). The number of hydrogen-bond donors (Lipinski definition) is 0. The van der Waals surface area contributed by atoms with E-state index >= 15 is 0 Å². The number of halogens is 2. The average Bonchev–Trinajstić information content (AvgIpc) is 2.43. The average molecular weight is 327 g/mol. The number of rotatable bonds is 5. The molecule has 0 atom stereocenters. The lowest BCUT2D eigenvalue weighted by molar-refractivity contribution is 0.801. The summed E-state index contributed by atoms with van der Waals surface area (Å²) in [5.74, 6) is 1.67. The molecular formula is C15H16Cl2N2S. The monoisotopic (exact) mass is 326 g/mol. The molecule has 0 spiro atoms. The third-order valence-corrected chi connectivity index (χ3v) is 4.62. The maximum Gasteiger partial charge on any atom is 0.136 e. The van der Waals surface area contributed by atoms with E-state index in [1.54, 1.807) is 11.8 Å². The largest absolute Gasteiger partial charge is 0.226 e. The van der Waals surface area contributed by atoms with Crippen LogP contribution in [0.4, 0.5) is 0 Å². The fourth-order valence-electron chi connectivity index (χ4n) is 1.72. The van der Waals surface area contributed by atoms with E-state index in [9.17, 15) is 0 Å². The van der Waals surface area contributed by atoms with Crippen molar-refractivity contribution in [2.24, 2.45) is 0 Å². The SMILES string of the molecule is CCCc1nc(Cl)c(C)c(SCc2ccc(Cl)cc2)n1. The fourth-order valence-corrected chi connectivity index (χ4v) is 3.07. The van der Waals surface area contributed by atoms with E-state index in [1.165, 1.54) is 5.56 Å². The van der Waals surface area contributed by atoms with E-state index in [0.717, 1.165) is 40.0 Å². The normalized spacial score (nSPS) is 10.8. The van der Waals surface area contributed by atoms with E-state index in [4.69, 9.17) is 23.2 Å². The van der Waals surface area contributed by atoms with Crippen LogP contribution in [0.3, 0.4) is 0 Å². The number of nitrogens with zero attached hydrogens (tertiary/aromatic N) is 2. The molecular weight excluding hydrogens is 311 g/mol. The van der Waals surface area contributed by atoms with Crippen LogP contribution in [0.2, 0.25) is 10.2 Å². The van der Waals surface area contributed by atoms with Gasteiger partial charge in [-0.3, -0.25) is 0 Å². The van der Waals surface area contributed by atoms with Crippen molar-refractivity contribution in [1.29, 1.82) is 0 Å². The van der Waals surface area contributed by atoms with Gasteiger partial charge in [0.25, 0.3) is 0 Å². The van der Waals surface area contributed by atoms with Crippen LogP contribution in [0, 0.1) is 6.92 Å². The topological polar surface area (TPSA) is 25.8 Å². The lowest BCUT2D eigenvalue weighted by atomic mass is 10.2. The zero-order valence-corrected chi connectivity index (χ0v) is 13.8. The molecule has 2 aromatic rings. The Balaban J connectivity index is 2.13. The lowest BCUT2D eigenvalue weighted by Crippen LogP contribution is -2.00. The predicted octanol–water partition coefficient (Wildman–Crippen LogP) is 5.34. The summed E-state index contributed by atoms with van der Waals surface area (Å²) in [6.45, 7) is 4.07. The van der Waals surface area contributed by atoms with Gasteiger partial charge >= 0.3 is 0 Å². The van der Waals surface area contributed by atoms with Crippen LogP contribution in [0.25, 0.3) is 0 Å². The van der Waals surface area contributed by atoms with Crippen LogP contribution in [0.15, 0.2) is 29.3 Å². The first-order valence-electron chi connectivity index (χ1n) is 6.50. The van der Waals surface area contributed by atoms with Gasteiger partial charge in [-0.15, -0.1) is 11.8 Å². The summed E-state index contributed by atoms with van der Waals surface area (Å²) in [4.78, 5) is 8.91. The first-order valence-corrected chi connectivity index (χ1v) is 8.24. The molecule has 106 valence electrons. The molecule has 0 aliphatic carbocycles. The number of aryl methyl sites for hydroxylation is 1. The Morgan fingerprint density at radius 1 is 1.10 bits per heavy atom. The molecule has 1 aromatic carbocycles. The summed E-state index contributed by atoms with van der Waals surface area (Å²) in [7, 11) is 0. The number of thioether (sulfide) groups is 1. The molecule has 0 aliphatic rings. The van der Waals surface area contributed by atoms with Crippen LogP contribution < -0.4 is 0 Å². The van der Waals surface area contributed by atoms with Crippen LogP contribution in [0.1, 0.15) is 30.3 Å². The maximum atomic E-state index is 6.18. The first-order chi connectivity index (χ1) is 9.60. The molecule has 20 heavy (non-hydrogen) atoms. The predicted molar refractivity (Wildman–Crippen MR) is 86.8 cm³/mol. The molecule has 0 fully saturated rings. The summed E-state index contributed by atoms with van der Waals surface area (Å²) in [5, 5.41) is 2.27. The van der Waals surface area contributed by atoms with Crippen molar-refractivity contribution in [1.82, 2.24) is 9.97 Å². The van der Waals surface area contributed by atoms with Crippen molar-refractivity contribution in [3.63, 3.8) is 0 Å². The van der Waals surface area contributed by atoms with Gasteiger partial charge in [0.2, 0.25) is 0 Å². The van der Waals surface area contributed by atoms with Gasteiger partial charge in [0.1, 0.15) is 16.0 Å². The minimum atomic E-state index is 0.557. The smallest absolute Gasteiger partial charge is 0.136 e. The summed E-state index contributed by atoms with van der Waals surface area (Å²) in [6.07, 6.45) is 1.87. The molecule has 0 unspecified atom stereocenters. The van der Waals surface area contributed by atoms with Gasteiger partial charge in [-0.1, -0.05) is 42.3 Å². The molecule has 5 heteroatoms. The Hall–Kier alpha value is -0.770. The fraction of sp³-hybridized carbons (Fsp3) is 0.333. The Kier molecular flexibility index (Phi) is 5.70. The van der Waals surface area contributed by atoms with E-state index in [1.807, 2.05) is 31.2 Å². The molecule has 0 aliphatic heterocycles. The molecule has 1 aromatic heterocycles. The molecule has 0 radical (unpaired) electrons. The van der Waals surface area contributed by atoms with E-state index < -0.39 is 0 Å². The minimum Gasteiger partial charge on any atom is -0.226 e. The van der Waals surface area contributed by atoms with Gasteiger partial charge in [-0.2, -0.15) is 0 Å².